The fourth-order valence-corrected chi connectivity index (χ4v) is 5.86. The van der Waals surface area contributed by atoms with E-state index in [1.165, 1.54) is 11.8 Å². The highest BCUT2D eigenvalue weighted by Gasteiger charge is 2.44. The molecule has 4 heterocycles. The lowest BCUT2D eigenvalue weighted by Crippen LogP contribution is -2.51. The molecule has 6 rings (SSSR count). The van der Waals surface area contributed by atoms with Crippen LogP contribution in [0, 0.1) is 0 Å². The Balaban J connectivity index is 1.30. The first kappa shape index (κ1) is 24.4. The molecule has 1 aliphatic heterocycles. The smallest absolute Gasteiger partial charge is 0.303 e. The molecule has 0 spiro atoms. The molecular formula is C25H24N6O6S. The van der Waals surface area contributed by atoms with Gasteiger partial charge in [0.25, 0.3) is 11.5 Å². The van der Waals surface area contributed by atoms with Gasteiger partial charge in [-0.2, -0.15) is 4.37 Å². The number of nitrogens with two attached hydrogens (primary N) is 1. The minimum atomic E-state index is -1.54. The van der Waals surface area contributed by atoms with Crippen LogP contribution < -0.4 is 16.2 Å². The summed E-state index contributed by atoms with van der Waals surface area (Å²) in [5.74, 6) is -0.331. The lowest BCUT2D eigenvalue weighted by Gasteiger charge is -2.40. The number of aliphatic hydroxyl groups excluding tert-OH is 1. The summed E-state index contributed by atoms with van der Waals surface area (Å²) < 4.78 is 15.9. The third-order valence-corrected chi connectivity index (χ3v) is 7.92. The molecule has 2 fully saturated rings. The Kier molecular flexibility index (Phi) is 5.85. The van der Waals surface area contributed by atoms with Crippen molar-refractivity contribution in [3.8, 4) is 0 Å². The zero-order valence-electron chi connectivity index (χ0n) is 20.3. The van der Waals surface area contributed by atoms with Gasteiger partial charge in [-0.3, -0.25) is 19.3 Å². The van der Waals surface area contributed by atoms with Crippen molar-refractivity contribution in [1.82, 2.24) is 19.3 Å². The molecule has 1 unspecified atom stereocenters. The molecule has 1 saturated heterocycles. The van der Waals surface area contributed by atoms with Gasteiger partial charge < -0.3 is 25.3 Å². The molecule has 3 aromatic heterocycles. The number of morpholine rings is 1. The number of esters is 1. The number of carbonyl (C=O) groups is 2. The first-order valence-corrected chi connectivity index (χ1v) is 12.9. The van der Waals surface area contributed by atoms with E-state index in [1.807, 2.05) is 0 Å². The number of fused-ring (bicyclic) bond motifs is 3. The van der Waals surface area contributed by atoms with Crippen molar-refractivity contribution >= 4 is 56.0 Å². The standard InChI is InChI=1S/C25H24N6O6S/c1-12(32)37-25(8-3-9-25)15-4-2-5-16(28-15)31-10-11-36-19(24(31)35)18(33)22-27-14-7-6-13-20(38-30-21(13)26)17(14)23(34)29-22/h2,4-7,18-19,33H,3,8-11H2,1H3,(H2,26,30)(H,27,29,34)/t18?,19-/m1/s1. The molecule has 1 aromatic carbocycles. The van der Waals surface area contributed by atoms with Gasteiger partial charge in [0.1, 0.15) is 23.6 Å². The number of hydrogen-bond acceptors (Lipinski definition) is 11. The van der Waals surface area contributed by atoms with Gasteiger partial charge in [0.2, 0.25) is 0 Å². The van der Waals surface area contributed by atoms with E-state index in [-0.39, 0.29) is 24.9 Å². The minimum absolute atomic E-state index is 0.0930. The van der Waals surface area contributed by atoms with Crippen LogP contribution in [0.25, 0.3) is 21.0 Å². The second kappa shape index (κ2) is 9.11. The van der Waals surface area contributed by atoms with Gasteiger partial charge in [-0.15, -0.1) is 0 Å². The molecule has 4 aromatic rings. The number of amides is 1. The number of aromatic nitrogens is 4. The van der Waals surface area contributed by atoms with Crippen molar-refractivity contribution in [2.45, 2.75) is 44.0 Å². The largest absolute Gasteiger partial charge is 0.453 e. The van der Waals surface area contributed by atoms with E-state index in [4.69, 9.17) is 15.2 Å². The number of benzene rings is 1. The number of nitrogens with one attached hydrogen (secondary N) is 1. The maximum Gasteiger partial charge on any atom is 0.303 e. The third-order valence-electron chi connectivity index (χ3n) is 7.02. The van der Waals surface area contributed by atoms with Crippen molar-refractivity contribution in [1.29, 1.82) is 0 Å². The highest BCUT2D eigenvalue weighted by atomic mass is 32.1. The monoisotopic (exact) mass is 536 g/mol. The Hall–Kier alpha value is -3.94. The predicted octanol–water partition coefficient (Wildman–Crippen LogP) is 1.92. The van der Waals surface area contributed by atoms with Crippen LogP contribution in [0.3, 0.4) is 0 Å². The van der Waals surface area contributed by atoms with Crippen molar-refractivity contribution in [2.75, 3.05) is 23.8 Å². The van der Waals surface area contributed by atoms with Crippen LogP contribution >= 0.6 is 11.5 Å². The third kappa shape index (κ3) is 3.90. The van der Waals surface area contributed by atoms with Crippen LogP contribution in [-0.4, -0.2) is 55.6 Å². The molecule has 2 atom stereocenters. The number of H-pyrrole nitrogens is 1. The quantitative estimate of drug-likeness (QED) is 0.320. The van der Waals surface area contributed by atoms with Gasteiger partial charge in [0.15, 0.2) is 11.7 Å². The molecule has 0 radical (unpaired) electrons. The summed E-state index contributed by atoms with van der Waals surface area (Å²) in [7, 11) is 0. The SMILES string of the molecule is CC(=O)OC1(c2cccc(N3CCO[C@H](C(O)c4nc5ccc6c(N)nsc6c5c(=O)[nH]4)C3=O)n2)CCC1. The normalized spacial score (nSPS) is 19.9. The van der Waals surface area contributed by atoms with E-state index < -0.39 is 29.3 Å². The summed E-state index contributed by atoms with van der Waals surface area (Å²) in [5, 5.41) is 12.1. The van der Waals surface area contributed by atoms with Crippen molar-refractivity contribution < 1.29 is 24.2 Å². The van der Waals surface area contributed by atoms with Gasteiger partial charge in [0, 0.05) is 12.3 Å². The molecule has 1 aliphatic carbocycles. The Labute approximate surface area is 219 Å². The van der Waals surface area contributed by atoms with E-state index in [0.717, 1.165) is 18.0 Å². The van der Waals surface area contributed by atoms with Crippen molar-refractivity contribution in [2.24, 2.45) is 0 Å². The average molecular weight is 537 g/mol. The number of rotatable bonds is 5. The van der Waals surface area contributed by atoms with Crippen molar-refractivity contribution in [3.63, 3.8) is 0 Å². The van der Waals surface area contributed by atoms with Crippen LogP contribution in [0.2, 0.25) is 0 Å². The molecule has 1 amide bonds. The number of carbonyl (C=O) groups excluding carboxylic acids is 2. The van der Waals surface area contributed by atoms with E-state index in [9.17, 15) is 19.5 Å². The number of hydrogen-bond donors (Lipinski definition) is 3. The Bertz CT molecular complexity index is 1650. The minimum Gasteiger partial charge on any atom is -0.453 e. The zero-order chi connectivity index (χ0) is 26.6. The second-order valence-corrected chi connectivity index (χ2v) is 10.2. The van der Waals surface area contributed by atoms with Gasteiger partial charge in [-0.25, -0.2) is 9.97 Å². The lowest BCUT2D eigenvalue weighted by molar-refractivity contribution is -0.169. The summed E-state index contributed by atoms with van der Waals surface area (Å²) in [4.78, 5) is 51.2. The van der Waals surface area contributed by atoms with Crippen LogP contribution in [0.15, 0.2) is 35.1 Å². The molecular weight excluding hydrogens is 512 g/mol. The number of nitrogens with zero attached hydrogens (tertiary/aromatic N) is 4. The lowest BCUT2D eigenvalue weighted by atomic mass is 9.77. The average Bonchev–Trinajstić information content (AvgIpc) is 3.26. The van der Waals surface area contributed by atoms with E-state index in [0.29, 0.717) is 51.2 Å². The number of anilines is 2. The number of nitrogen functional groups attached to an aromatic ring is 1. The number of pyridine rings is 1. The summed E-state index contributed by atoms with van der Waals surface area (Å²) in [6.45, 7) is 1.71. The number of aromatic amines is 1. The van der Waals surface area contributed by atoms with Gasteiger partial charge in [0.05, 0.1) is 34.4 Å². The molecule has 196 valence electrons. The summed E-state index contributed by atoms with van der Waals surface area (Å²) in [6.07, 6.45) is -0.635. The molecule has 1 saturated carbocycles. The molecule has 38 heavy (non-hydrogen) atoms. The van der Waals surface area contributed by atoms with E-state index >= 15 is 0 Å². The van der Waals surface area contributed by atoms with Crippen LogP contribution in [-0.2, 0) is 24.7 Å². The Morgan fingerprint density at radius 3 is 2.84 bits per heavy atom. The number of ether oxygens (including phenoxy) is 2. The van der Waals surface area contributed by atoms with E-state index in [1.54, 1.807) is 30.3 Å². The Morgan fingerprint density at radius 2 is 2.11 bits per heavy atom. The van der Waals surface area contributed by atoms with Crippen molar-refractivity contribution in [3.05, 3.63) is 52.2 Å². The molecule has 12 nitrogen and oxygen atoms in total. The van der Waals surface area contributed by atoms with Gasteiger partial charge >= 0.3 is 5.97 Å². The summed E-state index contributed by atoms with van der Waals surface area (Å²) >= 11 is 1.09. The molecule has 2 aliphatic rings. The number of aliphatic hydroxyl groups is 1. The molecule has 13 heteroatoms. The maximum atomic E-state index is 13.5. The first-order valence-electron chi connectivity index (χ1n) is 12.1. The summed E-state index contributed by atoms with van der Waals surface area (Å²) in [6, 6.07) is 8.55. The van der Waals surface area contributed by atoms with Crippen LogP contribution in [0.1, 0.15) is 43.8 Å². The van der Waals surface area contributed by atoms with E-state index in [2.05, 4.69) is 19.3 Å². The zero-order valence-corrected chi connectivity index (χ0v) is 21.2. The maximum absolute atomic E-state index is 13.5. The fraction of sp³-hybridized carbons (Fsp3) is 0.360. The molecule has 0 bridgehead atoms. The van der Waals surface area contributed by atoms with Gasteiger partial charge in [-0.1, -0.05) is 6.07 Å². The first-order chi connectivity index (χ1) is 18.3. The van der Waals surface area contributed by atoms with Crippen LogP contribution in [0.4, 0.5) is 11.6 Å². The predicted molar refractivity (Wildman–Crippen MR) is 139 cm³/mol. The highest BCUT2D eigenvalue weighted by molar-refractivity contribution is 7.14. The fourth-order valence-electron chi connectivity index (χ4n) is 5.02. The summed E-state index contributed by atoms with van der Waals surface area (Å²) in [5.41, 5.74) is 5.51. The van der Waals surface area contributed by atoms with Crippen LogP contribution in [0.5, 0.6) is 0 Å². The topological polar surface area (TPSA) is 174 Å². The Morgan fingerprint density at radius 1 is 1.29 bits per heavy atom. The highest BCUT2D eigenvalue weighted by Crippen LogP contribution is 2.44. The molecule has 4 N–H and O–H groups in total. The van der Waals surface area contributed by atoms with Gasteiger partial charge in [-0.05, 0) is 55.1 Å². The second-order valence-electron chi connectivity index (χ2n) is 9.40.